The van der Waals surface area contributed by atoms with Gasteiger partial charge in [-0.25, -0.2) is 8.93 Å². The normalized spacial score (nSPS) is 16.8. The van der Waals surface area contributed by atoms with Crippen LogP contribution >= 0.6 is 0 Å². The molecule has 2 nitrogen and oxygen atoms in total. The molecule has 1 aromatic carbocycles. The van der Waals surface area contributed by atoms with Gasteiger partial charge in [0.25, 0.3) is 0 Å². The summed E-state index contributed by atoms with van der Waals surface area (Å²) < 4.78 is 16.0. The van der Waals surface area contributed by atoms with Crippen molar-refractivity contribution < 1.29 is 4.21 Å². The van der Waals surface area contributed by atoms with Gasteiger partial charge in [-0.2, -0.15) is 0 Å². The van der Waals surface area contributed by atoms with E-state index < -0.39 is 11.0 Å². The highest BCUT2D eigenvalue weighted by Gasteiger charge is 2.35. The van der Waals surface area contributed by atoms with E-state index in [0.717, 1.165) is 18.4 Å². The van der Waals surface area contributed by atoms with Crippen molar-refractivity contribution >= 4 is 17.1 Å². The van der Waals surface area contributed by atoms with Gasteiger partial charge in [-0.1, -0.05) is 88.1 Å². The van der Waals surface area contributed by atoms with Crippen LogP contribution in [-0.2, 0) is 11.0 Å². The summed E-state index contributed by atoms with van der Waals surface area (Å²) >= 11 is 0. The topological polar surface area (TPSA) is 29.1 Å². The van der Waals surface area contributed by atoms with E-state index in [1.54, 1.807) is 0 Å². The molecule has 27 heavy (non-hydrogen) atoms. The zero-order chi connectivity index (χ0) is 20.3. The van der Waals surface area contributed by atoms with Gasteiger partial charge < -0.3 is 0 Å². The number of unbranched alkanes of at least 4 members (excludes halogenated alkanes) is 3. The van der Waals surface area contributed by atoms with Crippen LogP contribution in [0.25, 0.3) is 6.08 Å². The van der Waals surface area contributed by atoms with Gasteiger partial charge >= 0.3 is 0 Å². The Balaban J connectivity index is 3.11. The van der Waals surface area contributed by atoms with Gasteiger partial charge in [0, 0.05) is 11.5 Å². The molecule has 1 aromatic rings. The Morgan fingerprint density at radius 1 is 1.11 bits per heavy atom. The SMILES string of the molecule is C=C[C@](CC)(CCCCCC)[C@H](/C=C/c1ccccc1)NS(=O)C(C)(C)C. The van der Waals surface area contributed by atoms with Crippen molar-refractivity contribution in [2.24, 2.45) is 5.41 Å². The Morgan fingerprint density at radius 3 is 2.30 bits per heavy atom. The molecule has 1 unspecified atom stereocenters. The molecule has 0 spiro atoms. The quantitative estimate of drug-likeness (QED) is 0.314. The van der Waals surface area contributed by atoms with E-state index in [9.17, 15) is 4.21 Å². The van der Waals surface area contributed by atoms with Gasteiger partial charge in [-0.3, -0.25) is 0 Å². The van der Waals surface area contributed by atoms with E-state index in [1.165, 1.54) is 25.7 Å². The number of rotatable bonds is 12. The summed E-state index contributed by atoms with van der Waals surface area (Å²) in [4.78, 5) is 0. The van der Waals surface area contributed by atoms with E-state index in [2.05, 4.69) is 55.5 Å². The lowest BCUT2D eigenvalue weighted by atomic mass is 9.74. The zero-order valence-electron chi connectivity index (χ0n) is 18.0. The van der Waals surface area contributed by atoms with Crippen LogP contribution in [0.1, 0.15) is 78.7 Å². The van der Waals surface area contributed by atoms with Gasteiger partial charge in [0.1, 0.15) is 0 Å². The van der Waals surface area contributed by atoms with Crippen molar-refractivity contribution in [2.75, 3.05) is 0 Å². The lowest BCUT2D eigenvalue weighted by Crippen LogP contribution is -2.47. The third kappa shape index (κ3) is 7.75. The monoisotopic (exact) mass is 389 g/mol. The maximum Gasteiger partial charge on any atom is 0.0976 e. The average Bonchev–Trinajstić information content (AvgIpc) is 2.66. The largest absolute Gasteiger partial charge is 0.242 e. The average molecular weight is 390 g/mol. The molecule has 1 rings (SSSR count). The molecule has 1 N–H and O–H groups in total. The van der Waals surface area contributed by atoms with Gasteiger partial charge in [0.05, 0.1) is 15.7 Å². The highest BCUT2D eigenvalue weighted by atomic mass is 32.2. The van der Waals surface area contributed by atoms with Crippen LogP contribution in [0.15, 0.2) is 49.1 Å². The van der Waals surface area contributed by atoms with Crippen molar-refractivity contribution in [3.05, 3.63) is 54.6 Å². The molecule has 152 valence electrons. The fourth-order valence-corrected chi connectivity index (χ4v) is 4.12. The Bertz CT molecular complexity index is 603. The number of benzene rings is 1. The second-order valence-electron chi connectivity index (χ2n) is 8.35. The molecule has 0 bridgehead atoms. The molecule has 0 aromatic heterocycles. The van der Waals surface area contributed by atoms with E-state index >= 15 is 0 Å². The Kier molecular flexibility index (Phi) is 10.3. The summed E-state index contributed by atoms with van der Waals surface area (Å²) in [7, 11) is -1.13. The van der Waals surface area contributed by atoms with Crippen LogP contribution in [0.4, 0.5) is 0 Å². The molecule has 0 aliphatic heterocycles. The van der Waals surface area contributed by atoms with Gasteiger partial charge in [0.2, 0.25) is 0 Å². The first-order valence-corrected chi connectivity index (χ1v) is 11.5. The predicted octanol–water partition coefficient (Wildman–Crippen LogP) is 6.67. The van der Waals surface area contributed by atoms with E-state index in [4.69, 9.17) is 0 Å². The molecule has 3 atom stereocenters. The fraction of sp³-hybridized carbons (Fsp3) is 0.583. The Morgan fingerprint density at radius 2 is 1.78 bits per heavy atom. The first-order chi connectivity index (χ1) is 12.8. The van der Waals surface area contributed by atoms with Crippen LogP contribution in [-0.4, -0.2) is 15.0 Å². The third-order valence-electron chi connectivity index (χ3n) is 5.25. The number of hydrogen-bond donors (Lipinski definition) is 1. The van der Waals surface area contributed by atoms with Crippen LogP contribution in [0.3, 0.4) is 0 Å². The van der Waals surface area contributed by atoms with Crippen LogP contribution in [0.5, 0.6) is 0 Å². The Labute approximate surface area is 170 Å². The lowest BCUT2D eigenvalue weighted by Gasteiger charge is -2.38. The first-order valence-electron chi connectivity index (χ1n) is 10.3. The molecule has 0 aliphatic rings. The molecule has 0 amide bonds. The van der Waals surface area contributed by atoms with Crippen molar-refractivity contribution in [1.29, 1.82) is 0 Å². The summed E-state index contributed by atoms with van der Waals surface area (Å²) in [5.41, 5.74) is 1.06. The van der Waals surface area contributed by atoms with E-state index in [0.29, 0.717) is 0 Å². The van der Waals surface area contributed by atoms with Gasteiger partial charge in [-0.15, -0.1) is 6.58 Å². The molecular weight excluding hydrogens is 350 g/mol. The lowest BCUT2D eigenvalue weighted by molar-refractivity contribution is 0.278. The van der Waals surface area contributed by atoms with Gasteiger partial charge in [0.15, 0.2) is 0 Å². The standard InChI is InChI=1S/C24H39NOS/c1-7-10-11-15-20-24(8-2,9-3)22(25-27(26)23(4,5)6)19-18-21-16-13-12-14-17-21/h8,12-14,16-19,22,25H,2,7,9-11,15,20H2,1,3-6H3/b19-18+/t22-,24-,27?/m0/s1. The van der Waals surface area contributed by atoms with Crippen molar-refractivity contribution in [3.63, 3.8) is 0 Å². The van der Waals surface area contributed by atoms with Crippen LogP contribution in [0.2, 0.25) is 0 Å². The second kappa shape index (κ2) is 11.6. The minimum absolute atomic E-state index is 0.0121. The van der Waals surface area contributed by atoms with E-state index in [1.807, 2.05) is 39.0 Å². The minimum Gasteiger partial charge on any atom is -0.242 e. The zero-order valence-corrected chi connectivity index (χ0v) is 18.8. The maximum atomic E-state index is 12.9. The Hall–Kier alpha value is -1.19. The molecule has 0 aliphatic carbocycles. The highest BCUT2D eigenvalue weighted by molar-refractivity contribution is 7.84. The number of hydrogen-bond acceptors (Lipinski definition) is 1. The highest BCUT2D eigenvalue weighted by Crippen LogP contribution is 2.36. The summed E-state index contributed by atoms with van der Waals surface area (Å²) in [5, 5.41) is 0. The molecule has 0 saturated carbocycles. The molecule has 0 radical (unpaired) electrons. The molecular formula is C24H39NOS. The smallest absolute Gasteiger partial charge is 0.0976 e. The molecule has 0 fully saturated rings. The van der Waals surface area contributed by atoms with E-state index in [-0.39, 0.29) is 16.2 Å². The van der Waals surface area contributed by atoms with Crippen LogP contribution < -0.4 is 4.72 Å². The van der Waals surface area contributed by atoms with Crippen LogP contribution in [0, 0.1) is 5.41 Å². The van der Waals surface area contributed by atoms with Crippen molar-refractivity contribution in [3.8, 4) is 0 Å². The molecule has 3 heteroatoms. The second-order valence-corrected chi connectivity index (χ2v) is 10.3. The fourth-order valence-electron chi connectivity index (χ4n) is 3.22. The summed E-state index contributed by atoms with van der Waals surface area (Å²) in [5.74, 6) is 0. The predicted molar refractivity (Wildman–Crippen MR) is 122 cm³/mol. The maximum absolute atomic E-state index is 12.9. The number of nitrogens with one attached hydrogen (secondary N) is 1. The van der Waals surface area contributed by atoms with Crippen molar-refractivity contribution in [1.82, 2.24) is 4.72 Å². The summed E-state index contributed by atoms with van der Waals surface area (Å²) in [6.45, 7) is 14.7. The molecule has 0 saturated heterocycles. The summed E-state index contributed by atoms with van der Waals surface area (Å²) in [6, 6.07) is 10.3. The molecule has 0 heterocycles. The van der Waals surface area contributed by atoms with Crippen molar-refractivity contribution in [2.45, 2.75) is 83.9 Å². The first kappa shape index (κ1) is 23.8. The third-order valence-corrected chi connectivity index (χ3v) is 6.83. The van der Waals surface area contributed by atoms with Gasteiger partial charge in [-0.05, 0) is 39.2 Å². The minimum atomic E-state index is -1.13. The summed E-state index contributed by atoms with van der Waals surface area (Å²) in [6.07, 6.45) is 13.4.